The minimum Gasteiger partial charge on any atom is -0.492 e. The van der Waals surface area contributed by atoms with E-state index in [0.29, 0.717) is 47.0 Å². The number of anilines is 3. The Balaban J connectivity index is 0.00000235. The Morgan fingerprint density at radius 1 is 1.11 bits per heavy atom. The zero-order valence-corrected chi connectivity index (χ0v) is 23.0. The van der Waals surface area contributed by atoms with Gasteiger partial charge in [-0.25, -0.2) is 14.4 Å². The quantitative estimate of drug-likeness (QED) is 0.241. The van der Waals surface area contributed by atoms with Gasteiger partial charge in [-0.1, -0.05) is 45.4 Å². The van der Waals surface area contributed by atoms with E-state index in [4.69, 9.17) is 16.3 Å². The molecule has 0 atom stereocenters. The van der Waals surface area contributed by atoms with Gasteiger partial charge >= 0.3 is 0 Å². The van der Waals surface area contributed by atoms with Crippen molar-refractivity contribution in [3.05, 3.63) is 59.7 Å². The van der Waals surface area contributed by atoms with Crippen molar-refractivity contribution >= 4 is 45.6 Å². The molecule has 0 radical (unpaired) electrons. The third-order valence-corrected chi connectivity index (χ3v) is 5.48. The Morgan fingerprint density at radius 2 is 1.84 bits per heavy atom. The van der Waals surface area contributed by atoms with Crippen LogP contribution in [-0.2, 0) is 4.79 Å². The fourth-order valence-corrected chi connectivity index (χ4v) is 3.86. The van der Waals surface area contributed by atoms with Gasteiger partial charge in [-0.2, -0.15) is 0 Å². The van der Waals surface area contributed by atoms with E-state index >= 15 is 0 Å². The summed E-state index contributed by atoms with van der Waals surface area (Å²) < 4.78 is 19.3. The molecule has 3 rings (SSSR count). The number of carbonyl (C=O) groups excluding carboxylic acids is 1. The van der Waals surface area contributed by atoms with Crippen LogP contribution in [0.2, 0.25) is 5.02 Å². The monoisotopic (exact) mass is 529 g/mol. The van der Waals surface area contributed by atoms with E-state index in [-0.39, 0.29) is 10.9 Å². The van der Waals surface area contributed by atoms with Gasteiger partial charge in [-0.3, -0.25) is 9.69 Å². The number of nitrogens with zero attached hydrogens (tertiary/aromatic N) is 3. The SMILES string of the molecule is CC.CCCN(C/C=C/C(=O)Nc1cc2c(Nc3ccc(F)c(Cl)c3)ncnc2cc1OCC)CCC. The smallest absolute Gasteiger partial charge is 0.248 e. The number of nitrogens with one attached hydrogen (secondary N) is 2. The number of rotatable bonds is 12. The van der Waals surface area contributed by atoms with Gasteiger partial charge in [0.2, 0.25) is 5.91 Å². The van der Waals surface area contributed by atoms with Gasteiger partial charge in [0.15, 0.2) is 0 Å². The van der Waals surface area contributed by atoms with Crippen LogP contribution >= 0.6 is 11.6 Å². The third-order valence-electron chi connectivity index (χ3n) is 5.19. The molecule has 0 fully saturated rings. The van der Waals surface area contributed by atoms with Gasteiger partial charge in [0.05, 0.1) is 22.8 Å². The molecule has 1 aromatic heterocycles. The Bertz CT molecular complexity index is 1180. The minimum atomic E-state index is -0.503. The van der Waals surface area contributed by atoms with E-state index in [1.807, 2.05) is 26.8 Å². The van der Waals surface area contributed by atoms with Crippen LogP contribution in [0.5, 0.6) is 5.75 Å². The first-order valence-corrected chi connectivity index (χ1v) is 13.2. The Labute approximate surface area is 224 Å². The number of amides is 1. The number of halogens is 2. The number of fused-ring (bicyclic) bond motifs is 1. The molecule has 0 aliphatic heterocycles. The number of hydrogen-bond donors (Lipinski definition) is 2. The normalized spacial score (nSPS) is 10.9. The summed E-state index contributed by atoms with van der Waals surface area (Å²) in [4.78, 5) is 23.6. The molecule has 0 spiro atoms. The molecule has 0 bridgehead atoms. The standard InChI is InChI=1S/C26H31ClFN5O2.C2H6/c1-4-11-33(12-5-2)13-7-8-25(34)32-23-15-19-22(16-24(23)35-6-3)29-17-30-26(19)31-18-9-10-21(28)20(27)14-18;1-2/h7-10,14-17H,4-6,11-13H2,1-3H3,(H,32,34)(H,29,30,31);1-2H3/b8-7+;. The number of carbonyl (C=O) groups is 1. The van der Waals surface area contributed by atoms with Gasteiger partial charge in [-0.05, 0) is 57.1 Å². The Morgan fingerprint density at radius 3 is 2.49 bits per heavy atom. The highest BCUT2D eigenvalue weighted by atomic mass is 35.5. The third kappa shape index (κ3) is 8.98. The van der Waals surface area contributed by atoms with Gasteiger partial charge in [-0.15, -0.1) is 0 Å². The van der Waals surface area contributed by atoms with Crippen LogP contribution in [-0.4, -0.2) is 47.0 Å². The van der Waals surface area contributed by atoms with E-state index in [0.717, 1.165) is 25.9 Å². The van der Waals surface area contributed by atoms with Crippen molar-refractivity contribution in [1.29, 1.82) is 0 Å². The molecule has 3 aromatic rings. The van der Waals surface area contributed by atoms with Crippen LogP contribution < -0.4 is 15.4 Å². The van der Waals surface area contributed by atoms with Crippen molar-refractivity contribution in [2.24, 2.45) is 0 Å². The Kier molecular flexibility index (Phi) is 12.8. The van der Waals surface area contributed by atoms with Crippen LogP contribution in [0.4, 0.5) is 21.6 Å². The fraction of sp³-hybridized carbons (Fsp3) is 0.393. The number of hydrogen-bond acceptors (Lipinski definition) is 6. The van der Waals surface area contributed by atoms with Crippen LogP contribution in [0.1, 0.15) is 47.5 Å². The van der Waals surface area contributed by atoms with Crippen LogP contribution in [0.15, 0.2) is 48.8 Å². The van der Waals surface area contributed by atoms with Crippen LogP contribution in [0.25, 0.3) is 10.9 Å². The molecular weight excluding hydrogens is 493 g/mol. The molecular formula is C28H37ClFN5O2. The first-order chi connectivity index (χ1) is 17.9. The lowest BCUT2D eigenvalue weighted by Crippen LogP contribution is -2.25. The molecule has 0 saturated carbocycles. The zero-order valence-electron chi connectivity index (χ0n) is 22.3. The van der Waals surface area contributed by atoms with E-state index < -0.39 is 5.82 Å². The summed E-state index contributed by atoms with van der Waals surface area (Å²) in [6, 6.07) is 7.85. The Hall–Kier alpha value is -3.23. The molecule has 37 heavy (non-hydrogen) atoms. The molecule has 9 heteroatoms. The maximum Gasteiger partial charge on any atom is 0.248 e. The van der Waals surface area contributed by atoms with E-state index in [1.54, 1.807) is 24.3 Å². The van der Waals surface area contributed by atoms with Crippen molar-refractivity contribution < 1.29 is 13.9 Å². The molecule has 0 unspecified atom stereocenters. The fourth-order valence-electron chi connectivity index (χ4n) is 3.68. The first-order valence-electron chi connectivity index (χ1n) is 12.8. The van der Waals surface area contributed by atoms with Crippen LogP contribution in [0.3, 0.4) is 0 Å². The largest absolute Gasteiger partial charge is 0.492 e. The van der Waals surface area contributed by atoms with Gasteiger partial charge < -0.3 is 15.4 Å². The second kappa shape index (κ2) is 15.8. The predicted molar refractivity (Wildman–Crippen MR) is 152 cm³/mol. The molecule has 0 aliphatic carbocycles. The topological polar surface area (TPSA) is 79.4 Å². The average molecular weight is 530 g/mol. The lowest BCUT2D eigenvalue weighted by molar-refractivity contribution is -0.111. The average Bonchev–Trinajstić information content (AvgIpc) is 2.88. The molecule has 2 N–H and O–H groups in total. The summed E-state index contributed by atoms with van der Waals surface area (Å²) in [7, 11) is 0. The molecule has 2 aromatic carbocycles. The van der Waals surface area contributed by atoms with Crippen molar-refractivity contribution in [3.8, 4) is 5.75 Å². The summed E-state index contributed by atoms with van der Waals surface area (Å²) >= 11 is 5.91. The van der Waals surface area contributed by atoms with Gasteiger partial charge in [0.1, 0.15) is 23.7 Å². The number of aromatic nitrogens is 2. The summed E-state index contributed by atoms with van der Waals surface area (Å²) in [5.41, 5.74) is 1.70. The number of benzene rings is 2. The molecule has 7 nitrogen and oxygen atoms in total. The molecule has 0 aliphatic rings. The molecule has 0 saturated heterocycles. The molecule has 200 valence electrons. The predicted octanol–water partition coefficient (Wildman–Crippen LogP) is 7.21. The van der Waals surface area contributed by atoms with E-state index in [1.165, 1.54) is 18.5 Å². The summed E-state index contributed by atoms with van der Waals surface area (Å²) in [5.74, 6) is 0.239. The van der Waals surface area contributed by atoms with Crippen molar-refractivity contribution in [3.63, 3.8) is 0 Å². The highest BCUT2D eigenvalue weighted by molar-refractivity contribution is 6.31. The highest BCUT2D eigenvalue weighted by Crippen LogP contribution is 2.33. The summed E-state index contributed by atoms with van der Waals surface area (Å²) in [6.07, 6.45) is 6.97. The number of ether oxygens (including phenoxy) is 1. The highest BCUT2D eigenvalue weighted by Gasteiger charge is 2.13. The maximum atomic E-state index is 13.5. The molecule has 1 amide bonds. The van der Waals surface area contributed by atoms with Crippen molar-refractivity contribution in [1.82, 2.24) is 14.9 Å². The van der Waals surface area contributed by atoms with E-state index in [9.17, 15) is 9.18 Å². The summed E-state index contributed by atoms with van der Waals surface area (Å²) in [5, 5.41) is 6.71. The van der Waals surface area contributed by atoms with Crippen LogP contribution in [0, 0.1) is 5.82 Å². The van der Waals surface area contributed by atoms with Gasteiger partial charge in [0, 0.05) is 29.8 Å². The second-order valence-electron chi connectivity index (χ2n) is 7.97. The minimum absolute atomic E-state index is 0.00294. The van der Waals surface area contributed by atoms with Gasteiger partial charge in [0.25, 0.3) is 0 Å². The lowest BCUT2D eigenvalue weighted by atomic mass is 10.1. The summed E-state index contributed by atoms with van der Waals surface area (Å²) in [6.45, 7) is 13.3. The van der Waals surface area contributed by atoms with E-state index in [2.05, 4.69) is 39.3 Å². The molecule has 1 heterocycles. The second-order valence-corrected chi connectivity index (χ2v) is 8.37. The van der Waals surface area contributed by atoms with Crippen molar-refractivity contribution in [2.45, 2.75) is 47.5 Å². The van der Waals surface area contributed by atoms with Crippen molar-refractivity contribution in [2.75, 3.05) is 36.9 Å². The lowest BCUT2D eigenvalue weighted by Gasteiger charge is -2.18. The maximum absolute atomic E-state index is 13.5. The first kappa shape index (κ1) is 30.0. The zero-order chi connectivity index (χ0) is 27.2.